The molecule has 172 valence electrons. The molecule has 2 fully saturated rings. The zero-order valence-corrected chi connectivity index (χ0v) is 18.3. The number of nitrogen functional groups attached to an aromatic ring is 1. The summed E-state index contributed by atoms with van der Waals surface area (Å²) < 4.78 is 30.7. The Balaban J connectivity index is 1.57. The zero-order chi connectivity index (χ0) is 22.8. The number of aliphatic hydroxyl groups excluding tert-OH is 2. The molecular weight excluding hydrogens is 431 g/mol. The van der Waals surface area contributed by atoms with E-state index in [1.165, 1.54) is 16.8 Å². The van der Waals surface area contributed by atoms with Crippen LogP contribution in [0.25, 0.3) is 11.0 Å². The van der Waals surface area contributed by atoms with Gasteiger partial charge in [0.05, 0.1) is 17.1 Å². The zero-order valence-electron chi connectivity index (χ0n) is 17.4. The van der Waals surface area contributed by atoms with Crippen molar-refractivity contribution in [2.45, 2.75) is 75.7 Å². The summed E-state index contributed by atoms with van der Waals surface area (Å²) in [6.45, 7) is 5.10. The molecule has 0 amide bonds. The van der Waals surface area contributed by atoms with Gasteiger partial charge in [0.2, 0.25) is 5.95 Å². The molecule has 0 aliphatic carbocycles. The van der Waals surface area contributed by atoms with E-state index in [1.54, 1.807) is 20.8 Å². The Morgan fingerprint density at radius 2 is 2.13 bits per heavy atom. The highest BCUT2D eigenvalue weighted by Gasteiger charge is 2.70. The molecule has 2 aromatic heterocycles. The van der Waals surface area contributed by atoms with Crippen LogP contribution in [-0.2, 0) is 18.3 Å². The fourth-order valence-corrected chi connectivity index (χ4v) is 5.90. The third kappa shape index (κ3) is 3.62. The SMILES string of the molecule is CCC(C)(CC1O[C@@H](n2ccc3c(=O)[nH]c(N)nc32)[C@H](O)C1O)OP1(=O)OC1(O)CC. The van der Waals surface area contributed by atoms with Crippen LogP contribution in [0, 0.1) is 0 Å². The number of aliphatic hydroxyl groups is 3. The van der Waals surface area contributed by atoms with Crippen molar-refractivity contribution in [3.05, 3.63) is 22.6 Å². The Morgan fingerprint density at radius 3 is 2.74 bits per heavy atom. The molecule has 2 saturated heterocycles. The minimum Gasteiger partial charge on any atom is -0.388 e. The van der Waals surface area contributed by atoms with Crippen molar-refractivity contribution >= 4 is 24.6 Å². The first-order valence-electron chi connectivity index (χ1n) is 10.1. The number of aromatic amines is 1. The predicted octanol–water partition coefficient (Wildman–Crippen LogP) is 0.781. The lowest BCUT2D eigenvalue weighted by atomic mass is 9.93. The van der Waals surface area contributed by atoms with Crippen molar-refractivity contribution in [2.75, 3.05) is 5.73 Å². The molecule has 2 aromatic rings. The molecule has 0 saturated carbocycles. The molecule has 2 aliphatic heterocycles. The molecule has 2 aliphatic rings. The number of hydrogen-bond donors (Lipinski definition) is 5. The van der Waals surface area contributed by atoms with E-state index in [9.17, 15) is 24.7 Å². The Kier molecular flexibility index (Phi) is 5.33. The van der Waals surface area contributed by atoms with Crippen molar-refractivity contribution in [3.8, 4) is 0 Å². The molecule has 4 heterocycles. The Bertz CT molecular complexity index is 1100. The monoisotopic (exact) mass is 458 g/mol. The molecule has 5 unspecified atom stereocenters. The fourth-order valence-electron chi connectivity index (χ4n) is 3.88. The Morgan fingerprint density at radius 1 is 1.42 bits per heavy atom. The number of nitrogens with two attached hydrogens (primary N) is 1. The van der Waals surface area contributed by atoms with Gasteiger partial charge in [-0.25, -0.2) is 0 Å². The standard InChI is InChI=1S/C18H27N4O8P/c1-4-17(3,29-31(27)18(26,5-2)30-31)8-10-11(23)12(24)15(28-10)22-7-6-9-13(22)20-16(19)21-14(9)25/h6-7,10-12,15,23-24,26H,4-5,8H2,1-3H3,(H3,19,20,21,25)/t10?,11?,12-,15-,17?,18?,31?/m1/s1. The number of aromatic nitrogens is 3. The van der Waals surface area contributed by atoms with Gasteiger partial charge in [0.1, 0.15) is 12.2 Å². The van der Waals surface area contributed by atoms with E-state index in [0.717, 1.165) is 0 Å². The lowest BCUT2D eigenvalue weighted by Crippen LogP contribution is -2.38. The van der Waals surface area contributed by atoms with Gasteiger partial charge in [-0.3, -0.25) is 23.4 Å². The second kappa shape index (κ2) is 7.38. The van der Waals surface area contributed by atoms with Crippen LogP contribution < -0.4 is 11.3 Å². The van der Waals surface area contributed by atoms with Gasteiger partial charge in [0.25, 0.3) is 11.1 Å². The molecule has 7 atom stereocenters. The summed E-state index contributed by atoms with van der Waals surface area (Å²) in [5, 5.41) is 31.6. The largest absolute Gasteiger partial charge is 0.393 e. The Hall–Kier alpha value is -1.79. The van der Waals surface area contributed by atoms with Gasteiger partial charge in [0.15, 0.2) is 11.9 Å². The lowest BCUT2D eigenvalue weighted by molar-refractivity contribution is -0.0629. The van der Waals surface area contributed by atoms with E-state index in [1.807, 2.05) is 0 Å². The number of nitrogens with zero attached hydrogens (tertiary/aromatic N) is 2. The first kappa shape index (κ1) is 22.4. The minimum atomic E-state index is -3.69. The van der Waals surface area contributed by atoms with Gasteiger partial charge in [0, 0.05) is 19.0 Å². The number of anilines is 1. The van der Waals surface area contributed by atoms with Crippen molar-refractivity contribution in [1.29, 1.82) is 0 Å². The molecule has 12 nitrogen and oxygen atoms in total. The molecule has 0 bridgehead atoms. The highest BCUT2D eigenvalue weighted by molar-refractivity contribution is 7.61. The third-order valence-electron chi connectivity index (χ3n) is 6.06. The topological polar surface area (TPSA) is 185 Å². The van der Waals surface area contributed by atoms with Gasteiger partial charge in [-0.2, -0.15) is 4.98 Å². The summed E-state index contributed by atoms with van der Waals surface area (Å²) >= 11 is 0. The number of hydrogen-bond acceptors (Lipinski definition) is 10. The highest BCUT2D eigenvalue weighted by Crippen LogP contribution is 2.80. The molecule has 13 heteroatoms. The van der Waals surface area contributed by atoms with E-state index in [2.05, 4.69) is 9.97 Å². The summed E-state index contributed by atoms with van der Waals surface area (Å²) in [4.78, 5) is 18.6. The Labute approximate surface area is 177 Å². The second-order valence-electron chi connectivity index (χ2n) is 8.24. The van der Waals surface area contributed by atoms with E-state index in [0.29, 0.717) is 6.42 Å². The van der Waals surface area contributed by atoms with Crippen LogP contribution in [0.15, 0.2) is 17.1 Å². The normalized spacial score (nSPS) is 37.2. The average molecular weight is 458 g/mol. The van der Waals surface area contributed by atoms with Gasteiger partial charge in [-0.05, 0) is 19.4 Å². The average Bonchev–Trinajstić information content (AvgIpc) is 2.96. The van der Waals surface area contributed by atoms with Gasteiger partial charge < -0.3 is 30.4 Å². The third-order valence-corrected chi connectivity index (χ3v) is 8.38. The molecule has 4 rings (SSSR count). The summed E-state index contributed by atoms with van der Waals surface area (Å²) in [5.74, 6) is -0.0912. The fraction of sp³-hybridized carbons (Fsp3) is 0.667. The lowest BCUT2D eigenvalue weighted by Gasteiger charge is -2.31. The second-order valence-corrected chi connectivity index (χ2v) is 10.3. The maximum atomic E-state index is 12.7. The molecule has 0 radical (unpaired) electrons. The van der Waals surface area contributed by atoms with Crippen molar-refractivity contribution in [1.82, 2.24) is 14.5 Å². The van der Waals surface area contributed by atoms with Crippen molar-refractivity contribution in [3.63, 3.8) is 0 Å². The van der Waals surface area contributed by atoms with Gasteiger partial charge in [-0.15, -0.1) is 0 Å². The van der Waals surface area contributed by atoms with E-state index < -0.39 is 48.8 Å². The van der Waals surface area contributed by atoms with Crippen LogP contribution >= 0.6 is 7.60 Å². The van der Waals surface area contributed by atoms with Crippen LogP contribution in [-0.4, -0.2) is 59.3 Å². The number of ether oxygens (including phenoxy) is 1. The highest BCUT2D eigenvalue weighted by atomic mass is 31.2. The summed E-state index contributed by atoms with van der Waals surface area (Å²) in [7, 11) is -3.69. The number of fused-ring (bicyclic) bond motifs is 1. The summed E-state index contributed by atoms with van der Waals surface area (Å²) in [5.41, 5.74) is 2.55. The van der Waals surface area contributed by atoms with E-state index in [4.69, 9.17) is 19.5 Å². The maximum Gasteiger partial charge on any atom is 0.393 e. The van der Waals surface area contributed by atoms with Crippen LogP contribution in [0.5, 0.6) is 0 Å². The number of nitrogens with one attached hydrogen (secondary N) is 1. The van der Waals surface area contributed by atoms with Crippen LogP contribution in [0.1, 0.15) is 46.3 Å². The van der Waals surface area contributed by atoms with E-state index >= 15 is 0 Å². The number of H-pyrrole nitrogens is 1. The minimum absolute atomic E-state index is 0.0702. The molecule has 31 heavy (non-hydrogen) atoms. The molecule has 0 spiro atoms. The van der Waals surface area contributed by atoms with Crippen LogP contribution in [0.4, 0.5) is 5.95 Å². The molecular formula is C18H27N4O8P. The molecule has 0 aromatic carbocycles. The number of rotatable bonds is 7. The summed E-state index contributed by atoms with van der Waals surface area (Å²) in [6, 6.07) is 1.51. The first-order chi connectivity index (χ1) is 14.5. The van der Waals surface area contributed by atoms with E-state index in [-0.39, 0.29) is 29.8 Å². The van der Waals surface area contributed by atoms with Crippen molar-refractivity contribution < 1.29 is 33.7 Å². The predicted molar refractivity (Wildman–Crippen MR) is 109 cm³/mol. The first-order valence-corrected chi connectivity index (χ1v) is 11.6. The van der Waals surface area contributed by atoms with Gasteiger partial charge >= 0.3 is 7.60 Å². The van der Waals surface area contributed by atoms with Crippen LogP contribution in [0.3, 0.4) is 0 Å². The quantitative estimate of drug-likeness (QED) is 0.293. The summed E-state index contributed by atoms with van der Waals surface area (Å²) in [6.07, 6.45) is -2.46. The molecule has 6 N–H and O–H groups in total. The van der Waals surface area contributed by atoms with Gasteiger partial charge in [-0.1, -0.05) is 13.8 Å². The van der Waals surface area contributed by atoms with Crippen LogP contribution in [0.2, 0.25) is 0 Å². The van der Waals surface area contributed by atoms with Crippen molar-refractivity contribution in [2.24, 2.45) is 0 Å². The maximum absolute atomic E-state index is 12.7. The smallest absolute Gasteiger partial charge is 0.388 e.